The van der Waals surface area contributed by atoms with E-state index in [1.54, 1.807) is 6.42 Å². The number of rotatable bonds is 0. The predicted molar refractivity (Wildman–Crippen MR) is 54.8 cm³/mol. The summed E-state index contributed by atoms with van der Waals surface area (Å²) in [5.41, 5.74) is 0. The average Bonchev–Trinajstić information content (AvgIpc) is 2.77. The first-order valence-corrected chi connectivity index (χ1v) is 5.34. The second-order valence-corrected chi connectivity index (χ2v) is 5.09. The zero-order valence-corrected chi connectivity index (χ0v) is 8.46. The summed E-state index contributed by atoms with van der Waals surface area (Å²) in [4.78, 5) is 0. The third-order valence-corrected chi connectivity index (χ3v) is 4.73. The maximum absolute atomic E-state index is 3.57. The Hall–Kier alpha value is -0.0100. The molecule has 1 N–H and O–H groups in total. The molecule has 5 aliphatic rings. The standard InChI is InChI=1S/C11H15N.ClH/c1-2-7-9-3-8(9)6(1)10-4-12-5-11(7)10;/h1-2,6-12H,3-5H2;1H. The van der Waals surface area contributed by atoms with Gasteiger partial charge in [-0.3, -0.25) is 0 Å². The number of nitrogens with one attached hydrogen (secondary N) is 1. The molecule has 0 aromatic heterocycles. The molecular weight excluding hydrogens is 182 g/mol. The monoisotopic (exact) mass is 197 g/mol. The van der Waals surface area contributed by atoms with Gasteiger partial charge in [0, 0.05) is 0 Å². The molecule has 6 atom stereocenters. The minimum atomic E-state index is 0. The first kappa shape index (κ1) is 8.31. The quantitative estimate of drug-likeness (QED) is 0.583. The fraction of sp³-hybridized carbons (Fsp3) is 0.818. The lowest BCUT2D eigenvalue weighted by Gasteiger charge is -2.40. The van der Waals surface area contributed by atoms with E-state index in [4.69, 9.17) is 0 Å². The van der Waals surface area contributed by atoms with Crippen LogP contribution < -0.4 is 5.32 Å². The lowest BCUT2D eigenvalue weighted by atomic mass is 9.64. The summed E-state index contributed by atoms with van der Waals surface area (Å²) in [6.45, 7) is 2.61. The van der Waals surface area contributed by atoms with Crippen LogP contribution in [0.5, 0.6) is 0 Å². The summed E-state index contributed by atoms with van der Waals surface area (Å²) in [6, 6.07) is 0. The van der Waals surface area contributed by atoms with Gasteiger partial charge < -0.3 is 5.32 Å². The van der Waals surface area contributed by atoms with Crippen molar-refractivity contribution in [1.82, 2.24) is 5.32 Å². The van der Waals surface area contributed by atoms with Crippen molar-refractivity contribution in [2.24, 2.45) is 35.5 Å². The molecule has 1 nitrogen and oxygen atoms in total. The van der Waals surface area contributed by atoms with Crippen molar-refractivity contribution in [2.75, 3.05) is 13.1 Å². The van der Waals surface area contributed by atoms with Crippen molar-refractivity contribution < 1.29 is 0 Å². The highest BCUT2D eigenvalue weighted by molar-refractivity contribution is 5.85. The summed E-state index contributed by atoms with van der Waals surface area (Å²) in [6.07, 6.45) is 6.62. The van der Waals surface area contributed by atoms with Gasteiger partial charge in [-0.2, -0.15) is 0 Å². The van der Waals surface area contributed by atoms with E-state index in [0.717, 1.165) is 35.5 Å². The molecule has 0 aromatic carbocycles. The molecule has 0 spiro atoms. The summed E-state index contributed by atoms with van der Waals surface area (Å²) in [5, 5.41) is 3.57. The van der Waals surface area contributed by atoms with E-state index in [-0.39, 0.29) is 12.4 Å². The molecule has 0 amide bonds. The number of hydrogen-bond donors (Lipinski definition) is 1. The molecule has 13 heavy (non-hydrogen) atoms. The highest BCUT2D eigenvalue weighted by Gasteiger charge is 2.59. The second-order valence-electron chi connectivity index (χ2n) is 5.09. The molecule has 4 aliphatic carbocycles. The van der Waals surface area contributed by atoms with Gasteiger partial charge in [0.25, 0.3) is 0 Å². The topological polar surface area (TPSA) is 12.0 Å². The average molecular weight is 198 g/mol. The Morgan fingerprint density at radius 1 is 0.846 bits per heavy atom. The Morgan fingerprint density at radius 3 is 1.92 bits per heavy atom. The largest absolute Gasteiger partial charge is 0.316 e. The Labute approximate surface area is 85.4 Å². The molecule has 1 aliphatic heterocycles. The molecule has 72 valence electrons. The van der Waals surface area contributed by atoms with E-state index in [1.807, 2.05) is 0 Å². The van der Waals surface area contributed by atoms with E-state index >= 15 is 0 Å². The van der Waals surface area contributed by atoms with Crippen LogP contribution in [0, 0.1) is 35.5 Å². The van der Waals surface area contributed by atoms with Crippen molar-refractivity contribution in [2.45, 2.75) is 6.42 Å². The Balaban J connectivity index is 0.000000562. The van der Waals surface area contributed by atoms with Gasteiger partial charge in [0.2, 0.25) is 0 Å². The molecule has 2 heteroatoms. The van der Waals surface area contributed by atoms with E-state index in [2.05, 4.69) is 17.5 Å². The van der Waals surface area contributed by atoms with Gasteiger partial charge in [-0.05, 0) is 55.0 Å². The van der Waals surface area contributed by atoms with E-state index in [9.17, 15) is 0 Å². The van der Waals surface area contributed by atoms with Crippen LogP contribution in [-0.4, -0.2) is 13.1 Å². The Kier molecular flexibility index (Phi) is 1.61. The van der Waals surface area contributed by atoms with Crippen LogP contribution in [0.15, 0.2) is 12.2 Å². The van der Waals surface area contributed by atoms with Gasteiger partial charge in [0.05, 0.1) is 0 Å². The summed E-state index contributed by atoms with van der Waals surface area (Å²) < 4.78 is 0. The fourth-order valence-electron chi connectivity index (χ4n) is 4.15. The smallest absolute Gasteiger partial charge is 0.00113 e. The number of hydrogen-bond acceptors (Lipinski definition) is 1. The lowest BCUT2D eigenvalue weighted by molar-refractivity contribution is 0.156. The summed E-state index contributed by atoms with van der Waals surface area (Å²) in [7, 11) is 0. The van der Waals surface area contributed by atoms with Gasteiger partial charge >= 0.3 is 0 Å². The normalized spacial score (nSPS) is 59.7. The molecule has 2 bridgehead atoms. The zero-order valence-electron chi connectivity index (χ0n) is 7.65. The van der Waals surface area contributed by atoms with Crippen LogP contribution >= 0.6 is 12.4 Å². The molecule has 1 heterocycles. The summed E-state index contributed by atoms with van der Waals surface area (Å²) in [5.74, 6) is 6.20. The molecule has 0 aromatic rings. The van der Waals surface area contributed by atoms with E-state index < -0.39 is 0 Å². The molecule has 0 radical (unpaired) electrons. The van der Waals surface area contributed by atoms with Crippen molar-refractivity contribution >= 4 is 12.4 Å². The van der Waals surface area contributed by atoms with Gasteiger partial charge in [0.15, 0.2) is 0 Å². The molecule has 5 rings (SSSR count). The van der Waals surface area contributed by atoms with Crippen molar-refractivity contribution in [3.05, 3.63) is 12.2 Å². The molecule has 3 fully saturated rings. The minimum Gasteiger partial charge on any atom is -0.316 e. The van der Waals surface area contributed by atoms with Crippen LogP contribution in [0.2, 0.25) is 0 Å². The highest BCUT2D eigenvalue weighted by atomic mass is 35.5. The van der Waals surface area contributed by atoms with Crippen LogP contribution in [0.3, 0.4) is 0 Å². The fourth-order valence-corrected chi connectivity index (χ4v) is 4.15. The van der Waals surface area contributed by atoms with Crippen LogP contribution in [0.25, 0.3) is 0 Å². The van der Waals surface area contributed by atoms with Gasteiger partial charge in [-0.1, -0.05) is 12.2 Å². The molecular formula is C11H16ClN. The molecule has 1 saturated heterocycles. The van der Waals surface area contributed by atoms with Crippen LogP contribution in [-0.2, 0) is 0 Å². The Bertz CT molecular complexity index is 239. The van der Waals surface area contributed by atoms with Gasteiger partial charge in [0.1, 0.15) is 0 Å². The minimum absolute atomic E-state index is 0. The predicted octanol–water partition coefficient (Wildman–Crippen LogP) is 1.70. The third kappa shape index (κ3) is 0.875. The third-order valence-electron chi connectivity index (χ3n) is 4.73. The summed E-state index contributed by atoms with van der Waals surface area (Å²) >= 11 is 0. The number of allylic oxidation sites excluding steroid dienone is 2. The van der Waals surface area contributed by atoms with Crippen molar-refractivity contribution in [3.63, 3.8) is 0 Å². The maximum Gasteiger partial charge on any atom is -0.00113 e. The maximum atomic E-state index is 3.57. The molecule has 2 saturated carbocycles. The first-order valence-electron chi connectivity index (χ1n) is 5.34. The van der Waals surface area contributed by atoms with Gasteiger partial charge in [-0.15, -0.1) is 12.4 Å². The highest BCUT2D eigenvalue weighted by Crippen LogP contribution is 2.63. The number of halogens is 1. The van der Waals surface area contributed by atoms with Gasteiger partial charge in [-0.25, -0.2) is 0 Å². The van der Waals surface area contributed by atoms with Crippen molar-refractivity contribution in [3.8, 4) is 0 Å². The van der Waals surface area contributed by atoms with E-state index in [1.165, 1.54) is 13.1 Å². The van der Waals surface area contributed by atoms with E-state index in [0.29, 0.717) is 0 Å². The SMILES string of the molecule is C1=CC2C3CNCC3C1C1CC21.Cl. The lowest BCUT2D eigenvalue weighted by Crippen LogP contribution is -2.37. The Morgan fingerprint density at radius 2 is 1.38 bits per heavy atom. The van der Waals surface area contributed by atoms with Crippen LogP contribution in [0.1, 0.15) is 6.42 Å². The molecule has 6 unspecified atom stereocenters. The zero-order chi connectivity index (χ0) is 7.71. The second kappa shape index (κ2) is 2.52. The van der Waals surface area contributed by atoms with Crippen LogP contribution in [0.4, 0.5) is 0 Å². The first-order chi connectivity index (χ1) is 5.95. The van der Waals surface area contributed by atoms with Crippen molar-refractivity contribution in [1.29, 1.82) is 0 Å².